The number of aryl methyl sites for hydroxylation is 2. The van der Waals surface area contributed by atoms with Crippen LogP contribution in [-0.2, 0) is 18.4 Å². The first-order valence-corrected chi connectivity index (χ1v) is 9.70. The zero-order chi connectivity index (χ0) is 21.3. The van der Waals surface area contributed by atoms with Gasteiger partial charge in [-0.2, -0.15) is 0 Å². The second kappa shape index (κ2) is 7.99. The van der Waals surface area contributed by atoms with Crippen LogP contribution in [-0.4, -0.2) is 25.7 Å². The number of aromatic nitrogens is 3. The van der Waals surface area contributed by atoms with Crippen LogP contribution in [0.5, 0.6) is 0 Å². The number of carbonyl (C=O) groups excluding carboxylic acids is 1. The summed E-state index contributed by atoms with van der Waals surface area (Å²) in [6, 6.07) is 11.7. The van der Waals surface area contributed by atoms with Gasteiger partial charge < -0.3 is 13.7 Å². The molecule has 10 heteroatoms. The van der Waals surface area contributed by atoms with E-state index in [0.29, 0.717) is 21.4 Å². The normalized spacial score (nSPS) is 11.0. The maximum Gasteiger partial charge on any atom is 0.338 e. The lowest BCUT2D eigenvalue weighted by atomic mass is 10.1. The van der Waals surface area contributed by atoms with E-state index in [-0.39, 0.29) is 17.9 Å². The molecule has 0 N–H and O–H groups in total. The van der Waals surface area contributed by atoms with Gasteiger partial charge in [-0.1, -0.05) is 18.2 Å². The van der Waals surface area contributed by atoms with Crippen molar-refractivity contribution in [3.05, 3.63) is 75.8 Å². The number of carbonyl (C=O) groups is 1. The number of para-hydroxylation sites is 1. The van der Waals surface area contributed by atoms with Gasteiger partial charge in [-0.3, -0.25) is 10.1 Å². The highest BCUT2D eigenvalue weighted by Gasteiger charge is 2.21. The lowest BCUT2D eigenvalue weighted by Gasteiger charge is -2.06. The monoisotopic (exact) mass is 424 g/mol. The Bertz CT molecular complexity index is 1260. The fraction of sp³-hybridized carbons (Fsp3) is 0.150. The van der Waals surface area contributed by atoms with Gasteiger partial charge in [0.05, 0.1) is 15.4 Å². The van der Waals surface area contributed by atoms with Crippen LogP contribution >= 0.6 is 11.8 Å². The highest BCUT2D eigenvalue weighted by Crippen LogP contribution is 2.34. The van der Waals surface area contributed by atoms with E-state index in [9.17, 15) is 14.9 Å². The number of benzene rings is 2. The van der Waals surface area contributed by atoms with E-state index < -0.39 is 10.9 Å². The molecule has 0 amide bonds. The smallest absolute Gasteiger partial charge is 0.338 e. The van der Waals surface area contributed by atoms with Gasteiger partial charge in [0, 0.05) is 24.1 Å². The third kappa shape index (κ3) is 3.77. The molecule has 0 aliphatic carbocycles. The Morgan fingerprint density at radius 2 is 2.10 bits per heavy atom. The Labute approximate surface area is 174 Å². The Balaban J connectivity index is 1.53. The minimum atomic E-state index is -0.673. The number of esters is 1. The Morgan fingerprint density at radius 1 is 1.30 bits per heavy atom. The fourth-order valence-corrected chi connectivity index (χ4v) is 3.76. The molecule has 4 aromatic rings. The van der Waals surface area contributed by atoms with Crippen molar-refractivity contribution in [2.24, 2.45) is 7.05 Å². The molecule has 0 radical (unpaired) electrons. The van der Waals surface area contributed by atoms with E-state index in [0.717, 1.165) is 22.7 Å². The quantitative estimate of drug-likeness (QED) is 0.256. The van der Waals surface area contributed by atoms with Gasteiger partial charge in [-0.15, -0.1) is 10.2 Å². The van der Waals surface area contributed by atoms with Crippen molar-refractivity contribution in [3.8, 4) is 0 Å². The molecule has 0 atom stereocenters. The van der Waals surface area contributed by atoms with Crippen LogP contribution in [0.3, 0.4) is 0 Å². The number of nitro benzene ring substituents is 1. The van der Waals surface area contributed by atoms with Crippen molar-refractivity contribution >= 4 is 34.4 Å². The molecule has 2 aromatic heterocycles. The summed E-state index contributed by atoms with van der Waals surface area (Å²) in [4.78, 5) is 23.8. The van der Waals surface area contributed by atoms with E-state index in [4.69, 9.17) is 9.15 Å². The molecule has 30 heavy (non-hydrogen) atoms. The van der Waals surface area contributed by atoms with Crippen LogP contribution in [0.25, 0.3) is 11.0 Å². The highest BCUT2D eigenvalue weighted by atomic mass is 32.2. The van der Waals surface area contributed by atoms with Gasteiger partial charge in [0.25, 0.3) is 5.69 Å². The maximum atomic E-state index is 12.5. The average Bonchev–Trinajstić information content (AvgIpc) is 3.29. The zero-order valence-corrected chi connectivity index (χ0v) is 16.9. The molecule has 0 fully saturated rings. The van der Waals surface area contributed by atoms with Gasteiger partial charge in [0.1, 0.15) is 24.3 Å². The number of rotatable bonds is 6. The minimum absolute atomic E-state index is 0.0669. The fourth-order valence-electron chi connectivity index (χ4n) is 2.91. The molecule has 2 heterocycles. The summed E-state index contributed by atoms with van der Waals surface area (Å²) in [5.41, 5.74) is 1.47. The van der Waals surface area contributed by atoms with Crippen LogP contribution in [0.1, 0.15) is 21.7 Å². The molecule has 0 aliphatic heterocycles. The molecule has 0 aliphatic rings. The van der Waals surface area contributed by atoms with Gasteiger partial charge in [-0.05, 0) is 36.9 Å². The second-order valence-electron chi connectivity index (χ2n) is 6.49. The third-order valence-electron chi connectivity index (χ3n) is 4.54. The zero-order valence-electron chi connectivity index (χ0n) is 16.1. The number of hydrogen-bond donors (Lipinski definition) is 0. The molecule has 0 unspecified atom stereocenters. The SMILES string of the molecule is Cc1c(COC(=O)c2ccc(Sc3nncn3C)c([N+](=O)[O-])c2)oc2ccccc12. The van der Waals surface area contributed by atoms with E-state index in [1.807, 2.05) is 31.2 Å². The van der Waals surface area contributed by atoms with E-state index in [1.165, 1.54) is 24.5 Å². The van der Waals surface area contributed by atoms with Crippen molar-refractivity contribution in [1.82, 2.24) is 14.8 Å². The number of nitro groups is 1. The summed E-state index contributed by atoms with van der Waals surface area (Å²) in [6.07, 6.45) is 1.50. The van der Waals surface area contributed by atoms with E-state index in [2.05, 4.69) is 10.2 Å². The van der Waals surface area contributed by atoms with Crippen LogP contribution in [0.15, 0.2) is 63.3 Å². The third-order valence-corrected chi connectivity index (χ3v) is 5.66. The number of hydrogen-bond acceptors (Lipinski definition) is 8. The molecular weight excluding hydrogens is 408 g/mol. The number of ether oxygens (including phenoxy) is 1. The molecule has 4 rings (SSSR count). The Morgan fingerprint density at radius 3 is 2.80 bits per heavy atom. The highest BCUT2D eigenvalue weighted by molar-refractivity contribution is 7.99. The summed E-state index contributed by atoms with van der Waals surface area (Å²) >= 11 is 1.09. The first kappa shape index (κ1) is 19.6. The number of fused-ring (bicyclic) bond motifs is 1. The summed E-state index contributed by atoms with van der Waals surface area (Å²) in [5, 5.41) is 20.6. The lowest BCUT2D eigenvalue weighted by Crippen LogP contribution is -2.06. The van der Waals surface area contributed by atoms with Crippen molar-refractivity contribution in [2.45, 2.75) is 23.6 Å². The minimum Gasteiger partial charge on any atom is -0.457 e. The first-order valence-electron chi connectivity index (χ1n) is 8.88. The number of nitrogens with zero attached hydrogens (tertiary/aromatic N) is 4. The maximum absolute atomic E-state index is 12.5. The molecule has 9 nitrogen and oxygen atoms in total. The molecule has 152 valence electrons. The van der Waals surface area contributed by atoms with Gasteiger partial charge in [-0.25, -0.2) is 4.79 Å². The predicted molar refractivity (Wildman–Crippen MR) is 108 cm³/mol. The standard InChI is InChI=1S/C20H16N4O5S/c1-12-14-5-3-4-6-16(14)29-17(12)10-28-19(25)13-7-8-18(15(9-13)24(26)27)30-20-22-21-11-23(20)2/h3-9,11H,10H2,1-2H3. The summed E-state index contributed by atoms with van der Waals surface area (Å²) in [7, 11) is 1.74. The topological polar surface area (TPSA) is 113 Å². The second-order valence-corrected chi connectivity index (χ2v) is 7.50. The van der Waals surface area contributed by atoms with E-state index in [1.54, 1.807) is 11.6 Å². The van der Waals surface area contributed by atoms with Crippen molar-refractivity contribution in [2.75, 3.05) is 0 Å². The van der Waals surface area contributed by atoms with Crippen LogP contribution in [0.2, 0.25) is 0 Å². The largest absolute Gasteiger partial charge is 0.457 e. The number of furan rings is 1. The molecule has 0 bridgehead atoms. The van der Waals surface area contributed by atoms with Crippen LogP contribution < -0.4 is 0 Å². The van der Waals surface area contributed by atoms with E-state index >= 15 is 0 Å². The summed E-state index contributed by atoms with van der Waals surface area (Å²) in [6.45, 7) is 1.82. The van der Waals surface area contributed by atoms with Crippen LogP contribution in [0.4, 0.5) is 5.69 Å². The molecule has 2 aromatic carbocycles. The van der Waals surface area contributed by atoms with Crippen molar-refractivity contribution in [1.29, 1.82) is 0 Å². The summed E-state index contributed by atoms with van der Waals surface area (Å²) < 4.78 is 12.7. The Kier molecular flexibility index (Phi) is 5.23. The lowest BCUT2D eigenvalue weighted by molar-refractivity contribution is -0.387. The Hall–Kier alpha value is -3.66. The van der Waals surface area contributed by atoms with Gasteiger partial charge in [0.15, 0.2) is 5.16 Å². The molecule has 0 saturated carbocycles. The average molecular weight is 424 g/mol. The van der Waals surface area contributed by atoms with Crippen molar-refractivity contribution in [3.63, 3.8) is 0 Å². The van der Waals surface area contributed by atoms with Crippen molar-refractivity contribution < 1.29 is 18.9 Å². The van der Waals surface area contributed by atoms with Gasteiger partial charge in [0.2, 0.25) is 0 Å². The predicted octanol–water partition coefficient (Wildman–Crippen LogP) is 4.29. The van der Waals surface area contributed by atoms with Crippen LogP contribution in [0, 0.1) is 17.0 Å². The molecule has 0 saturated heterocycles. The molecular formula is C20H16N4O5S. The summed E-state index contributed by atoms with van der Waals surface area (Å²) in [5.74, 6) is -0.137. The van der Waals surface area contributed by atoms with Gasteiger partial charge >= 0.3 is 5.97 Å². The first-order chi connectivity index (χ1) is 14.4. The molecule has 0 spiro atoms.